The van der Waals surface area contributed by atoms with Crippen molar-refractivity contribution in [1.29, 1.82) is 0 Å². The molecule has 0 fully saturated rings. The molecule has 0 unspecified atom stereocenters. The number of hydrogen-bond acceptors (Lipinski definition) is 1. The molecule has 2 nitrogen and oxygen atoms in total. The molecule has 0 atom stereocenters. The highest BCUT2D eigenvalue weighted by atomic mass is 16.4. The summed E-state index contributed by atoms with van der Waals surface area (Å²) in [5, 5.41) is 8.50. The van der Waals surface area contributed by atoms with Gasteiger partial charge in [0.1, 0.15) is 0 Å². The first-order chi connectivity index (χ1) is 6.50. The van der Waals surface area contributed by atoms with Crippen LogP contribution in [0.1, 0.15) is 22.3 Å². The number of aliphatic carboxylic acids is 1. The first-order valence-corrected chi connectivity index (χ1v) is 4.49. The minimum atomic E-state index is -0.914. The molecule has 0 saturated heterocycles. The number of carboxylic acids is 1. The van der Waals surface area contributed by atoms with E-state index < -0.39 is 5.97 Å². The highest BCUT2D eigenvalue weighted by Gasteiger charge is 1.99. The largest absolute Gasteiger partial charge is 0.478 e. The van der Waals surface area contributed by atoms with Crippen molar-refractivity contribution < 1.29 is 9.90 Å². The van der Waals surface area contributed by atoms with Crippen LogP contribution in [0.5, 0.6) is 0 Å². The lowest BCUT2D eigenvalue weighted by Gasteiger charge is -2.05. The van der Waals surface area contributed by atoms with Gasteiger partial charge in [0.25, 0.3) is 0 Å². The van der Waals surface area contributed by atoms with Crippen LogP contribution >= 0.6 is 0 Å². The number of aryl methyl sites for hydroxylation is 3. The molecule has 74 valence electrons. The molecule has 0 amide bonds. The van der Waals surface area contributed by atoms with E-state index in [-0.39, 0.29) is 0 Å². The molecule has 0 bridgehead atoms. The number of hydrogen-bond donors (Lipinski definition) is 1. The monoisotopic (exact) mass is 190 g/mol. The van der Waals surface area contributed by atoms with Crippen LogP contribution in [-0.2, 0) is 4.79 Å². The predicted molar refractivity (Wildman–Crippen MR) is 57.3 cm³/mol. The van der Waals surface area contributed by atoms with Crippen LogP contribution in [-0.4, -0.2) is 11.1 Å². The van der Waals surface area contributed by atoms with E-state index in [0.29, 0.717) is 0 Å². The molecule has 1 aromatic carbocycles. The summed E-state index contributed by atoms with van der Waals surface area (Å²) in [5.74, 6) is -0.914. The number of carbonyl (C=O) groups is 1. The second kappa shape index (κ2) is 4.09. The van der Waals surface area contributed by atoms with Gasteiger partial charge in [0.15, 0.2) is 0 Å². The molecule has 0 heterocycles. The van der Waals surface area contributed by atoms with Crippen LogP contribution in [0.2, 0.25) is 0 Å². The van der Waals surface area contributed by atoms with Gasteiger partial charge >= 0.3 is 5.97 Å². The van der Waals surface area contributed by atoms with Crippen LogP contribution in [0, 0.1) is 20.8 Å². The van der Waals surface area contributed by atoms with Gasteiger partial charge in [-0.25, -0.2) is 4.79 Å². The van der Waals surface area contributed by atoms with Crippen LogP contribution in [0.25, 0.3) is 6.08 Å². The van der Waals surface area contributed by atoms with Gasteiger partial charge < -0.3 is 5.11 Å². The Hall–Kier alpha value is -1.57. The molecule has 0 spiro atoms. The van der Waals surface area contributed by atoms with Crippen LogP contribution in [0.15, 0.2) is 18.2 Å². The van der Waals surface area contributed by atoms with Gasteiger partial charge in [-0.05, 0) is 49.1 Å². The maximum atomic E-state index is 10.3. The Morgan fingerprint density at radius 3 is 2.29 bits per heavy atom. The molecule has 0 aliphatic rings. The lowest BCUT2D eigenvalue weighted by molar-refractivity contribution is -0.131. The average molecular weight is 190 g/mol. The van der Waals surface area contributed by atoms with E-state index in [4.69, 9.17) is 5.11 Å². The maximum Gasteiger partial charge on any atom is 0.328 e. The first kappa shape index (κ1) is 10.5. The molecule has 0 aliphatic carbocycles. The summed E-state index contributed by atoms with van der Waals surface area (Å²) in [7, 11) is 0. The Kier molecular flexibility index (Phi) is 3.07. The summed E-state index contributed by atoms with van der Waals surface area (Å²) >= 11 is 0. The van der Waals surface area contributed by atoms with E-state index in [1.807, 2.05) is 26.8 Å². The fourth-order valence-electron chi connectivity index (χ4n) is 1.32. The van der Waals surface area contributed by atoms with Crippen LogP contribution in [0.4, 0.5) is 0 Å². The normalized spacial score (nSPS) is 10.8. The topological polar surface area (TPSA) is 37.3 Å². The van der Waals surface area contributed by atoms with Crippen molar-refractivity contribution in [2.75, 3.05) is 0 Å². The van der Waals surface area contributed by atoms with Crippen LogP contribution in [0.3, 0.4) is 0 Å². The molecule has 0 aromatic heterocycles. The second-order valence-electron chi connectivity index (χ2n) is 3.46. The van der Waals surface area contributed by atoms with E-state index >= 15 is 0 Å². The van der Waals surface area contributed by atoms with Gasteiger partial charge in [-0.15, -0.1) is 0 Å². The highest BCUT2D eigenvalue weighted by molar-refractivity contribution is 5.85. The number of benzene rings is 1. The standard InChI is InChI=1S/C12H14O2/c1-8-6-10(3)11(7-9(8)2)4-5-12(13)14/h4-7H,1-3H3,(H,13,14). The maximum absolute atomic E-state index is 10.3. The second-order valence-corrected chi connectivity index (χ2v) is 3.46. The van der Waals surface area contributed by atoms with Gasteiger partial charge in [-0.3, -0.25) is 0 Å². The van der Waals surface area contributed by atoms with E-state index in [9.17, 15) is 4.79 Å². The van der Waals surface area contributed by atoms with E-state index in [1.165, 1.54) is 11.1 Å². The van der Waals surface area contributed by atoms with Gasteiger partial charge in [0.05, 0.1) is 0 Å². The Bertz CT molecular complexity index is 390. The molecule has 0 aliphatic heterocycles. The van der Waals surface area contributed by atoms with Crippen molar-refractivity contribution in [2.24, 2.45) is 0 Å². The van der Waals surface area contributed by atoms with Gasteiger partial charge in [-0.2, -0.15) is 0 Å². The van der Waals surface area contributed by atoms with Crippen molar-refractivity contribution in [3.8, 4) is 0 Å². The fraction of sp³-hybridized carbons (Fsp3) is 0.250. The zero-order valence-corrected chi connectivity index (χ0v) is 8.66. The minimum absolute atomic E-state index is 0.914. The molecule has 14 heavy (non-hydrogen) atoms. The van der Waals surface area contributed by atoms with Gasteiger partial charge in [-0.1, -0.05) is 12.1 Å². The molecule has 1 aromatic rings. The molecule has 1 rings (SSSR count). The summed E-state index contributed by atoms with van der Waals surface area (Å²) in [6.45, 7) is 6.05. The third-order valence-electron chi connectivity index (χ3n) is 2.29. The SMILES string of the molecule is Cc1cc(C)c(C=CC(=O)O)cc1C. The first-order valence-electron chi connectivity index (χ1n) is 4.49. The van der Waals surface area contributed by atoms with Gasteiger partial charge in [0.2, 0.25) is 0 Å². The average Bonchev–Trinajstić information content (AvgIpc) is 2.09. The summed E-state index contributed by atoms with van der Waals surface area (Å²) in [4.78, 5) is 10.3. The molecule has 1 N–H and O–H groups in total. The van der Waals surface area contributed by atoms with Crippen LogP contribution < -0.4 is 0 Å². The smallest absolute Gasteiger partial charge is 0.328 e. The Balaban J connectivity index is 3.10. The minimum Gasteiger partial charge on any atom is -0.478 e. The lowest BCUT2D eigenvalue weighted by atomic mass is 10.0. The summed E-state index contributed by atoms with van der Waals surface area (Å²) in [5.41, 5.74) is 4.48. The summed E-state index contributed by atoms with van der Waals surface area (Å²) in [6, 6.07) is 4.07. The quantitative estimate of drug-likeness (QED) is 0.728. The Labute approximate surface area is 83.9 Å². The van der Waals surface area contributed by atoms with E-state index in [1.54, 1.807) is 6.08 Å². The fourth-order valence-corrected chi connectivity index (χ4v) is 1.32. The molecule has 0 saturated carbocycles. The molecular weight excluding hydrogens is 176 g/mol. The van der Waals surface area contributed by atoms with Crippen molar-refractivity contribution in [1.82, 2.24) is 0 Å². The molecule has 2 heteroatoms. The Morgan fingerprint density at radius 2 is 1.71 bits per heavy atom. The number of rotatable bonds is 2. The van der Waals surface area contributed by atoms with Crippen molar-refractivity contribution in [3.63, 3.8) is 0 Å². The van der Waals surface area contributed by atoms with E-state index in [2.05, 4.69) is 6.07 Å². The number of carboxylic acid groups (broad SMARTS) is 1. The molecular formula is C12H14O2. The highest BCUT2D eigenvalue weighted by Crippen LogP contribution is 2.16. The zero-order chi connectivity index (χ0) is 10.7. The summed E-state index contributed by atoms with van der Waals surface area (Å²) < 4.78 is 0. The third kappa shape index (κ3) is 2.46. The Morgan fingerprint density at radius 1 is 1.14 bits per heavy atom. The molecule has 0 radical (unpaired) electrons. The third-order valence-corrected chi connectivity index (χ3v) is 2.29. The van der Waals surface area contributed by atoms with Crippen molar-refractivity contribution in [2.45, 2.75) is 20.8 Å². The van der Waals surface area contributed by atoms with Crippen molar-refractivity contribution >= 4 is 12.0 Å². The zero-order valence-electron chi connectivity index (χ0n) is 8.66. The van der Waals surface area contributed by atoms with Gasteiger partial charge in [0, 0.05) is 6.08 Å². The van der Waals surface area contributed by atoms with E-state index in [0.717, 1.165) is 17.2 Å². The lowest BCUT2D eigenvalue weighted by Crippen LogP contribution is -1.90. The summed E-state index contributed by atoms with van der Waals surface area (Å²) in [6.07, 6.45) is 2.79. The van der Waals surface area contributed by atoms with Crippen molar-refractivity contribution in [3.05, 3.63) is 40.5 Å². The predicted octanol–water partition coefficient (Wildman–Crippen LogP) is 2.71.